The summed E-state index contributed by atoms with van der Waals surface area (Å²) in [4.78, 5) is 22.0. The number of aryl methyl sites for hydroxylation is 2. The average Bonchev–Trinajstić information content (AvgIpc) is 3.01. The largest absolute Gasteiger partial charge is 0.371 e. The molecule has 2 aromatic heterocycles. The maximum atomic E-state index is 12.9. The quantitative estimate of drug-likeness (QED) is 0.787. The van der Waals surface area contributed by atoms with E-state index in [9.17, 15) is 4.79 Å². The van der Waals surface area contributed by atoms with Gasteiger partial charge in [0.2, 0.25) is 0 Å². The van der Waals surface area contributed by atoms with Gasteiger partial charge >= 0.3 is 0 Å². The minimum Gasteiger partial charge on any atom is -0.371 e. The third-order valence-electron chi connectivity index (χ3n) is 4.80. The second kappa shape index (κ2) is 6.37. The van der Waals surface area contributed by atoms with E-state index < -0.39 is 0 Å². The lowest BCUT2D eigenvalue weighted by Gasteiger charge is -2.22. The van der Waals surface area contributed by atoms with Crippen LogP contribution in [0.25, 0.3) is 5.95 Å². The molecule has 0 radical (unpaired) electrons. The van der Waals surface area contributed by atoms with Crippen LogP contribution < -0.4 is 5.32 Å². The molecule has 26 heavy (non-hydrogen) atoms. The minimum atomic E-state index is 0.111. The molecule has 1 aliphatic carbocycles. The molecule has 0 spiro atoms. The van der Waals surface area contributed by atoms with Crippen LogP contribution in [0.4, 0.5) is 5.82 Å². The number of carbonyl (C=O) groups excluding carboxylic acids is 1. The number of rotatable bonds is 3. The fraction of sp³-hybridized carbons (Fsp3) is 0.300. The van der Waals surface area contributed by atoms with Crippen molar-refractivity contribution >= 4 is 11.6 Å². The maximum Gasteiger partial charge on any atom is 0.251 e. The highest BCUT2D eigenvalue weighted by Crippen LogP contribution is 2.36. The van der Waals surface area contributed by atoms with Crippen molar-refractivity contribution in [3.8, 4) is 5.95 Å². The molecule has 132 valence electrons. The number of anilines is 1. The number of aromatic nitrogens is 4. The van der Waals surface area contributed by atoms with E-state index in [0.29, 0.717) is 23.8 Å². The van der Waals surface area contributed by atoms with Crippen LogP contribution in [0.5, 0.6) is 0 Å². The standard InChI is InChI=1S/C20H21N5O/c1-12-9-13(2)23-20(22-12)25-16-10-15(14-7-5-4-6-8-14)11-17(26)18(16)19(21-3)24-25/h4-9,15H,10-11H2,1-3H3,(H,21,24). The number of nitrogens with one attached hydrogen (secondary N) is 1. The number of ketones is 1. The van der Waals surface area contributed by atoms with E-state index in [-0.39, 0.29) is 11.7 Å². The molecule has 0 saturated heterocycles. The van der Waals surface area contributed by atoms with Gasteiger partial charge < -0.3 is 5.32 Å². The Bertz CT molecular complexity index is 957. The van der Waals surface area contributed by atoms with Crippen molar-refractivity contribution in [1.82, 2.24) is 19.7 Å². The number of fused-ring (bicyclic) bond motifs is 1. The Kier molecular flexibility index (Phi) is 4.03. The lowest BCUT2D eigenvalue weighted by atomic mass is 9.82. The van der Waals surface area contributed by atoms with Gasteiger partial charge in [-0.05, 0) is 37.8 Å². The highest BCUT2D eigenvalue weighted by atomic mass is 16.1. The molecule has 0 bridgehead atoms. The number of benzene rings is 1. The summed E-state index contributed by atoms with van der Waals surface area (Å²) in [5.41, 5.74) is 4.48. The summed E-state index contributed by atoms with van der Waals surface area (Å²) in [6.07, 6.45) is 1.22. The Hall–Kier alpha value is -3.02. The third-order valence-corrected chi connectivity index (χ3v) is 4.80. The molecule has 3 aromatic rings. The van der Waals surface area contributed by atoms with Gasteiger partial charge in [-0.3, -0.25) is 4.79 Å². The molecule has 0 saturated carbocycles. The molecule has 4 rings (SSSR count). The number of Topliss-reactive ketones (excluding diaryl/α,β-unsaturated/α-hetero) is 1. The third kappa shape index (κ3) is 2.77. The predicted molar refractivity (Wildman–Crippen MR) is 100 cm³/mol. The summed E-state index contributed by atoms with van der Waals surface area (Å²) in [6, 6.07) is 12.1. The molecule has 1 aliphatic rings. The molecule has 0 aliphatic heterocycles. The van der Waals surface area contributed by atoms with Gasteiger partial charge in [-0.1, -0.05) is 30.3 Å². The molecule has 2 heterocycles. The van der Waals surface area contributed by atoms with Gasteiger partial charge in [-0.2, -0.15) is 0 Å². The summed E-state index contributed by atoms with van der Waals surface area (Å²) in [5.74, 6) is 1.36. The summed E-state index contributed by atoms with van der Waals surface area (Å²) < 4.78 is 1.73. The summed E-state index contributed by atoms with van der Waals surface area (Å²) >= 11 is 0. The van der Waals surface area contributed by atoms with Gasteiger partial charge in [-0.15, -0.1) is 5.10 Å². The maximum absolute atomic E-state index is 12.9. The van der Waals surface area contributed by atoms with Crippen molar-refractivity contribution in [2.75, 3.05) is 12.4 Å². The van der Waals surface area contributed by atoms with Crippen LogP contribution in [-0.4, -0.2) is 32.6 Å². The van der Waals surface area contributed by atoms with Crippen LogP contribution in [0.2, 0.25) is 0 Å². The number of hydrogen-bond acceptors (Lipinski definition) is 5. The van der Waals surface area contributed by atoms with E-state index >= 15 is 0 Å². The van der Waals surface area contributed by atoms with Crippen molar-refractivity contribution < 1.29 is 4.79 Å². The van der Waals surface area contributed by atoms with Crippen molar-refractivity contribution in [1.29, 1.82) is 0 Å². The highest BCUT2D eigenvalue weighted by molar-refractivity contribution is 6.03. The fourth-order valence-electron chi connectivity index (χ4n) is 3.67. The van der Waals surface area contributed by atoms with Crippen LogP contribution >= 0.6 is 0 Å². The first-order valence-electron chi connectivity index (χ1n) is 8.77. The molecule has 6 heteroatoms. The van der Waals surface area contributed by atoms with Crippen LogP contribution in [0.15, 0.2) is 36.4 Å². The molecule has 1 atom stereocenters. The first-order chi connectivity index (χ1) is 12.6. The predicted octanol–water partition coefficient (Wildman–Crippen LogP) is 3.23. The van der Waals surface area contributed by atoms with Crippen LogP contribution in [0.1, 0.15) is 45.3 Å². The van der Waals surface area contributed by atoms with Crippen LogP contribution in [0, 0.1) is 13.8 Å². The first kappa shape index (κ1) is 16.4. The molecule has 1 aromatic carbocycles. The summed E-state index contributed by atoms with van der Waals surface area (Å²) in [7, 11) is 1.78. The second-order valence-corrected chi connectivity index (χ2v) is 6.72. The van der Waals surface area contributed by atoms with Crippen molar-refractivity contribution in [3.05, 3.63) is 64.6 Å². The van der Waals surface area contributed by atoms with Gasteiger partial charge in [0.05, 0.1) is 11.3 Å². The Labute approximate surface area is 152 Å². The van der Waals surface area contributed by atoms with Gasteiger partial charge in [0.25, 0.3) is 5.95 Å². The normalized spacial score (nSPS) is 16.4. The van der Waals surface area contributed by atoms with E-state index in [0.717, 1.165) is 23.5 Å². The van der Waals surface area contributed by atoms with Crippen molar-refractivity contribution in [2.24, 2.45) is 0 Å². The van der Waals surface area contributed by atoms with Gasteiger partial charge in [-0.25, -0.2) is 14.6 Å². The Morgan fingerprint density at radius 2 is 1.77 bits per heavy atom. The SMILES string of the molecule is CNc1nn(-c2nc(C)cc(C)n2)c2c1C(=O)CC(c1ccccc1)C2. The molecule has 1 unspecified atom stereocenters. The second-order valence-electron chi connectivity index (χ2n) is 6.72. The Morgan fingerprint density at radius 1 is 1.08 bits per heavy atom. The van der Waals surface area contributed by atoms with Crippen molar-refractivity contribution in [3.63, 3.8) is 0 Å². The highest BCUT2D eigenvalue weighted by Gasteiger charge is 2.33. The first-order valence-corrected chi connectivity index (χ1v) is 8.77. The zero-order chi connectivity index (χ0) is 18.3. The Morgan fingerprint density at radius 3 is 2.42 bits per heavy atom. The van der Waals surface area contributed by atoms with E-state index in [2.05, 4.69) is 32.5 Å². The molecule has 6 nitrogen and oxygen atoms in total. The average molecular weight is 347 g/mol. The zero-order valence-corrected chi connectivity index (χ0v) is 15.2. The molecule has 0 amide bonds. The van der Waals surface area contributed by atoms with Gasteiger partial charge in [0.1, 0.15) is 0 Å². The van der Waals surface area contributed by atoms with Crippen LogP contribution in [-0.2, 0) is 6.42 Å². The van der Waals surface area contributed by atoms with Gasteiger partial charge in [0.15, 0.2) is 11.6 Å². The van der Waals surface area contributed by atoms with Crippen LogP contribution in [0.3, 0.4) is 0 Å². The lowest BCUT2D eigenvalue weighted by Crippen LogP contribution is -2.21. The minimum absolute atomic E-state index is 0.111. The van der Waals surface area contributed by atoms with Crippen molar-refractivity contribution in [2.45, 2.75) is 32.6 Å². The van der Waals surface area contributed by atoms with E-state index in [1.807, 2.05) is 38.1 Å². The number of carbonyl (C=O) groups is 1. The molecular weight excluding hydrogens is 326 g/mol. The number of hydrogen-bond donors (Lipinski definition) is 1. The smallest absolute Gasteiger partial charge is 0.251 e. The molecular formula is C20H21N5O. The zero-order valence-electron chi connectivity index (χ0n) is 15.2. The monoisotopic (exact) mass is 347 g/mol. The number of nitrogens with zero attached hydrogens (tertiary/aromatic N) is 4. The topological polar surface area (TPSA) is 72.7 Å². The van der Waals surface area contributed by atoms with E-state index in [1.54, 1.807) is 11.7 Å². The lowest BCUT2D eigenvalue weighted by molar-refractivity contribution is 0.0964. The molecule has 1 N–H and O–H groups in total. The Balaban J connectivity index is 1.85. The molecule has 0 fully saturated rings. The fourth-order valence-corrected chi connectivity index (χ4v) is 3.67. The summed E-state index contributed by atoms with van der Waals surface area (Å²) in [6.45, 7) is 3.87. The van der Waals surface area contributed by atoms with Gasteiger partial charge in [0, 0.05) is 24.9 Å². The van der Waals surface area contributed by atoms with E-state index in [1.165, 1.54) is 5.56 Å². The van der Waals surface area contributed by atoms with E-state index in [4.69, 9.17) is 0 Å². The summed E-state index contributed by atoms with van der Waals surface area (Å²) in [5, 5.41) is 7.65.